The van der Waals surface area contributed by atoms with Crippen molar-refractivity contribution >= 4 is 11.9 Å². The number of carboxylic acids is 2. The third-order valence-electron chi connectivity index (χ3n) is 2.26. The molecule has 11 heteroatoms. The molecule has 0 amide bonds. The van der Waals surface area contributed by atoms with E-state index in [1.165, 1.54) is 0 Å². The van der Waals surface area contributed by atoms with E-state index in [4.69, 9.17) is 10.2 Å². The fourth-order valence-electron chi connectivity index (χ4n) is 1.46. The Balaban J connectivity index is 3.51. The molecule has 1 aliphatic rings. The molecule has 0 bridgehead atoms. The van der Waals surface area contributed by atoms with Crippen LogP contribution < -0.4 is 5.32 Å². The van der Waals surface area contributed by atoms with Crippen LogP contribution in [0.4, 0.5) is 26.3 Å². The molecule has 0 saturated carbocycles. The van der Waals surface area contributed by atoms with Crippen molar-refractivity contribution in [3.63, 3.8) is 0 Å². The van der Waals surface area contributed by atoms with Crippen LogP contribution in [0.25, 0.3) is 0 Å². The number of carbonyl (C=O) groups is 2. The number of nitrogens with one attached hydrogen (secondary N) is 1. The van der Waals surface area contributed by atoms with Crippen molar-refractivity contribution in [2.45, 2.75) is 18.4 Å². The van der Waals surface area contributed by atoms with E-state index in [1.54, 1.807) is 0 Å². The van der Waals surface area contributed by atoms with Crippen molar-refractivity contribution in [2.75, 3.05) is 0 Å². The molecule has 5 nitrogen and oxygen atoms in total. The van der Waals surface area contributed by atoms with Gasteiger partial charge in [-0.2, -0.15) is 26.3 Å². The number of allylic oxidation sites excluding steroid dienone is 1. The Morgan fingerprint density at radius 3 is 1.85 bits per heavy atom. The lowest BCUT2D eigenvalue weighted by atomic mass is 9.97. The molecular formula is C9H5F6NO4. The standard InChI is InChI=1S/C9H5F6NO4/c10-8(11,12)4-2(6(17)18)1-3(7(19)20)5(16-4)9(13,14)15/h1,4,16H,(H,17,18)(H,19,20). The lowest BCUT2D eigenvalue weighted by molar-refractivity contribution is -0.160. The number of alkyl halides is 6. The number of hydrogen-bond acceptors (Lipinski definition) is 3. The zero-order valence-electron chi connectivity index (χ0n) is 9.13. The molecule has 0 aromatic rings. The third kappa shape index (κ3) is 3.03. The summed E-state index contributed by atoms with van der Waals surface area (Å²) >= 11 is 0. The van der Waals surface area contributed by atoms with Gasteiger partial charge in [0.2, 0.25) is 0 Å². The van der Waals surface area contributed by atoms with E-state index in [1.807, 2.05) is 0 Å². The fourth-order valence-corrected chi connectivity index (χ4v) is 1.46. The molecule has 0 spiro atoms. The molecule has 1 rings (SSSR count). The summed E-state index contributed by atoms with van der Waals surface area (Å²) in [6, 6.07) is -3.15. The smallest absolute Gasteiger partial charge is 0.431 e. The van der Waals surface area contributed by atoms with Crippen LogP contribution in [0.5, 0.6) is 0 Å². The highest BCUT2D eigenvalue weighted by Crippen LogP contribution is 2.36. The predicted molar refractivity (Wildman–Crippen MR) is 49.4 cm³/mol. The second-order valence-electron chi connectivity index (χ2n) is 3.62. The molecule has 0 radical (unpaired) electrons. The predicted octanol–water partition coefficient (Wildman–Crippen LogP) is 1.43. The summed E-state index contributed by atoms with van der Waals surface area (Å²) in [5.74, 6) is -4.39. The minimum absolute atomic E-state index is 0.151. The Kier molecular flexibility index (Phi) is 3.74. The van der Waals surface area contributed by atoms with E-state index in [0.29, 0.717) is 0 Å². The maximum absolute atomic E-state index is 12.5. The molecule has 1 atom stereocenters. The van der Waals surface area contributed by atoms with Gasteiger partial charge in [-0.25, -0.2) is 9.59 Å². The second-order valence-corrected chi connectivity index (χ2v) is 3.62. The van der Waals surface area contributed by atoms with E-state index in [-0.39, 0.29) is 6.08 Å². The van der Waals surface area contributed by atoms with Gasteiger partial charge in [0.1, 0.15) is 5.70 Å². The van der Waals surface area contributed by atoms with Gasteiger partial charge in [-0.3, -0.25) is 0 Å². The molecule has 1 heterocycles. The minimum atomic E-state index is -5.41. The van der Waals surface area contributed by atoms with Crippen molar-refractivity contribution in [1.82, 2.24) is 5.32 Å². The first-order valence-corrected chi connectivity index (χ1v) is 4.68. The molecule has 112 valence electrons. The first-order valence-electron chi connectivity index (χ1n) is 4.68. The van der Waals surface area contributed by atoms with Crippen molar-refractivity contribution in [2.24, 2.45) is 0 Å². The van der Waals surface area contributed by atoms with Gasteiger partial charge in [0, 0.05) is 0 Å². The summed E-state index contributed by atoms with van der Waals surface area (Å²) in [6.45, 7) is 0. The van der Waals surface area contributed by atoms with Crippen LogP contribution in [0.1, 0.15) is 0 Å². The normalized spacial score (nSPS) is 20.3. The molecule has 0 saturated heterocycles. The van der Waals surface area contributed by atoms with Gasteiger partial charge in [-0.1, -0.05) is 0 Å². The molecule has 1 unspecified atom stereocenters. The van der Waals surface area contributed by atoms with Crippen LogP contribution in [-0.4, -0.2) is 40.5 Å². The summed E-state index contributed by atoms with van der Waals surface area (Å²) < 4.78 is 75.2. The topological polar surface area (TPSA) is 86.6 Å². The average Bonchev–Trinajstić information content (AvgIpc) is 2.24. The highest BCUT2D eigenvalue weighted by molar-refractivity contribution is 5.97. The summed E-state index contributed by atoms with van der Waals surface area (Å²) in [6.07, 6.45) is -10.9. The van der Waals surface area contributed by atoms with Crippen molar-refractivity contribution in [3.8, 4) is 0 Å². The Morgan fingerprint density at radius 1 is 1.05 bits per heavy atom. The molecular weight excluding hydrogens is 300 g/mol. The zero-order chi connectivity index (χ0) is 15.9. The van der Waals surface area contributed by atoms with Crippen molar-refractivity contribution in [1.29, 1.82) is 0 Å². The molecule has 0 fully saturated rings. The highest BCUT2D eigenvalue weighted by atomic mass is 19.4. The summed E-state index contributed by atoms with van der Waals surface area (Å²) in [5.41, 5.74) is -5.30. The number of carboxylic acid groups (broad SMARTS) is 2. The van der Waals surface area contributed by atoms with Gasteiger partial charge in [0.25, 0.3) is 0 Å². The Morgan fingerprint density at radius 2 is 1.55 bits per heavy atom. The van der Waals surface area contributed by atoms with E-state index in [9.17, 15) is 35.9 Å². The fraction of sp³-hybridized carbons (Fsp3) is 0.333. The quantitative estimate of drug-likeness (QED) is 0.672. The van der Waals surface area contributed by atoms with E-state index in [2.05, 4.69) is 0 Å². The van der Waals surface area contributed by atoms with Crippen LogP contribution in [0.3, 0.4) is 0 Å². The largest absolute Gasteiger partial charge is 0.478 e. The molecule has 3 N–H and O–H groups in total. The number of hydrogen-bond donors (Lipinski definition) is 3. The average molecular weight is 305 g/mol. The van der Waals surface area contributed by atoms with Gasteiger partial charge in [-0.15, -0.1) is 0 Å². The second kappa shape index (κ2) is 4.72. The molecule has 0 aliphatic carbocycles. The van der Waals surface area contributed by atoms with Crippen LogP contribution in [0, 0.1) is 0 Å². The maximum Gasteiger partial charge on any atom is 0.431 e. The number of rotatable bonds is 2. The van der Waals surface area contributed by atoms with Gasteiger partial charge in [0.05, 0.1) is 11.1 Å². The van der Waals surface area contributed by atoms with Gasteiger partial charge in [-0.05, 0) is 6.08 Å². The lowest BCUT2D eigenvalue weighted by Crippen LogP contribution is -2.50. The maximum atomic E-state index is 12.5. The Hall–Kier alpha value is -2.20. The van der Waals surface area contributed by atoms with Crippen molar-refractivity contribution < 1.29 is 46.1 Å². The Bertz CT molecular complexity index is 516. The molecule has 0 aromatic heterocycles. The first kappa shape index (κ1) is 15.9. The van der Waals surface area contributed by atoms with E-state index in [0.717, 1.165) is 5.32 Å². The first-order chi connectivity index (χ1) is 8.85. The van der Waals surface area contributed by atoms with Crippen molar-refractivity contribution in [3.05, 3.63) is 22.9 Å². The van der Waals surface area contributed by atoms with Crippen LogP contribution in [0.15, 0.2) is 22.9 Å². The SMILES string of the molecule is O=C(O)C1=CC(C(=O)O)=C(C(F)(F)F)NC1C(F)(F)F. The molecule has 1 aliphatic heterocycles. The summed E-state index contributed by atoms with van der Waals surface area (Å²) in [7, 11) is 0. The minimum Gasteiger partial charge on any atom is -0.478 e. The van der Waals surface area contributed by atoms with Gasteiger partial charge < -0.3 is 15.5 Å². The van der Waals surface area contributed by atoms with Crippen LogP contribution in [-0.2, 0) is 9.59 Å². The summed E-state index contributed by atoms with van der Waals surface area (Å²) in [4.78, 5) is 21.3. The number of dihydropyridines is 1. The monoisotopic (exact) mass is 305 g/mol. The van der Waals surface area contributed by atoms with Gasteiger partial charge in [0.15, 0.2) is 6.04 Å². The summed E-state index contributed by atoms with van der Waals surface area (Å²) in [5, 5.41) is 18.0. The van der Waals surface area contributed by atoms with Gasteiger partial charge >= 0.3 is 24.3 Å². The van der Waals surface area contributed by atoms with E-state index >= 15 is 0 Å². The Labute approximate surface area is 106 Å². The van der Waals surface area contributed by atoms with E-state index < -0.39 is 47.2 Å². The van der Waals surface area contributed by atoms with Crippen LogP contribution >= 0.6 is 0 Å². The number of halogens is 6. The third-order valence-corrected chi connectivity index (χ3v) is 2.26. The zero-order valence-corrected chi connectivity index (χ0v) is 9.13. The lowest BCUT2D eigenvalue weighted by Gasteiger charge is -2.29. The van der Waals surface area contributed by atoms with Crippen LogP contribution in [0.2, 0.25) is 0 Å². The molecule has 0 aromatic carbocycles. The number of aliphatic carboxylic acids is 2. The molecule has 20 heavy (non-hydrogen) atoms. The highest BCUT2D eigenvalue weighted by Gasteiger charge is 2.51.